The molecule has 5 heteroatoms. The summed E-state index contributed by atoms with van der Waals surface area (Å²) in [5.74, 6) is -0.428. The van der Waals surface area contributed by atoms with Crippen molar-refractivity contribution in [1.82, 2.24) is 0 Å². The topological polar surface area (TPSA) is 52.9 Å². The van der Waals surface area contributed by atoms with Crippen molar-refractivity contribution in [2.45, 2.75) is 6.92 Å². The molecule has 0 atom stereocenters. The number of thiophene rings is 1. The van der Waals surface area contributed by atoms with Crippen LogP contribution in [0.25, 0.3) is 6.08 Å². The summed E-state index contributed by atoms with van der Waals surface area (Å²) in [7, 11) is 0. The number of nitriles is 1. The lowest BCUT2D eigenvalue weighted by Crippen LogP contribution is -2.13. The Balaban J connectivity index is 2.18. The van der Waals surface area contributed by atoms with Gasteiger partial charge in [0, 0.05) is 10.6 Å². The first-order valence-corrected chi connectivity index (χ1v) is 7.03. The number of rotatable bonds is 3. The molecule has 1 aromatic carbocycles. The first kappa shape index (κ1) is 14.3. The van der Waals surface area contributed by atoms with Crippen molar-refractivity contribution in [3.05, 3.63) is 56.7 Å². The molecule has 2 rings (SSSR count). The van der Waals surface area contributed by atoms with Gasteiger partial charge in [-0.25, -0.2) is 0 Å². The van der Waals surface area contributed by atoms with Crippen LogP contribution < -0.4 is 5.32 Å². The fourth-order valence-corrected chi connectivity index (χ4v) is 2.62. The smallest absolute Gasteiger partial charge is 0.266 e. The quantitative estimate of drug-likeness (QED) is 0.680. The molecule has 1 aromatic heterocycles. The Morgan fingerprint density at radius 1 is 1.40 bits per heavy atom. The highest BCUT2D eigenvalue weighted by atomic mass is 35.5. The van der Waals surface area contributed by atoms with Gasteiger partial charge in [0.15, 0.2) is 0 Å². The van der Waals surface area contributed by atoms with E-state index < -0.39 is 5.91 Å². The lowest BCUT2D eigenvalue weighted by molar-refractivity contribution is -0.112. The van der Waals surface area contributed by atoms with Gasteiger partial charge < -0.3 is 5.32 Å². The summed E-state index contributed by atoms with van der Waals surface area (Å²) < 4.78 is 0.618. The molecule has 1 amide bonds. The van der Waals surface area contributed by atoms with Crippen LogP contribution in [0.4, 0.5) is 5.69 Å². The van der Waals surface area contributed by atoms with Crippen molar-refractivity contribution in [3.63, 3.8) is 0 Å². The summed E-state index contributed by atoms with van der Waals surface area (Å²) >= 11 is 7.14. The number of hydrogen-bond acceptors (Lipinski definition) is 3. The number of carbonyl (C=O) groups is 1. The molecular formula is C15H11ClN2OS. The van der Waals surface area contributed by atoms with Crippen LogP contribution in [-0.2, 0) is 4.79 Å². The van der Waals surface area contributed by atoms with E-state index in [1.54, 1.807) is 18.2 Å². The summed E-state index contributed by atoms with van der Waals surface area (Å²) in [6.07, 6.45) is 1.53. The predicted molar refractivity (Wildman–Crippen MR) is 82.7 cm³/mol. The first-order valence-electron chi connectivity index (χ1n) is 5.83. The lowest BCUT2D eigenvalue weighted by atomic mass is 10.2. The largest absolute Gasteiger partial charge is 0.321 e. The number of nitrogens with one attached hydrogen (secondary N) is 1. The van der Waals surface area contributed by atoms with Gasteiger partial charge in [-0.05, 0) is 42.8 Å². The third kappa shape index (κ3) is 3.70. The zero-order valence-electron chi connectivity index (χ0n) is 10.7. The van der Waals surface area contributed by atoms with Crippen molar-refractivity contribution >= 4 is 40.6 Å². The number of benzene rings is 1. The fraction of sp³-hybridized carbons (Fsp3) is 0.0667. The van der Waals surface area contributed by atoms with E-state index in [-0.39, 0.29) is 5.57 Å². The van der Waals surface area contributed by atoms with E-state index in [1.807, 2.05) is 31.2 Å². The van der Waals surface area contributed by atoms with E-state index in [9.17, 15) is 4.79 Å². The number of carbonyl (C=O) groups excluding carboxylic acids is 1. The monoisotopic (exact) mass is 302 g/mol. The van der Waals surface area contributed by atoms with Crippen LogP contribution in [0, 0.1) is 18.3 Å². The van der Waals surface area contributed by atoms with E-state index in [0.717, 1.165) is 10.4 Å². The molecular weight excluding hydrogens is 292 g/mol. The Labute approximate surface area is 126 Å². The molecule has 0 saturated carbocycles. The van der Waals surface area contributed by atoms with Crippen LogP contribution >= 0.6 is 22.9 Å². The molecule has 0 unspecified atom stereocenters. The maximum atomic E-state index is 12.0. The number of nitrogens with zero attached hydrogens (tertiary/aromatic N) is 1. The van der Waals surface area contributed by atoms with Crippen molar-refractivity contribution in [3.8, 4) is 6.07 Å². The van der Waals surface area contributed by atoms with Gasteiger partial charge >= 0.3 is 0 Å². The summed E-state index contributed by atoms with van der Waals surface area (Å²) in [6.45, 7) is 1.93. The number of amides is 1. The van der Waals surface area contributed by atoms with Crippen molar-refractivity contribution in [2.75, 3.05) is 5.32 Å². The summed E-state index contributed by atoms with van der Waals surface area (Å²) in [5.41, 5.74) is 1.75. The van der Waals surface area contributed by atoms with Crippen molar-refractivity contribution in [1.29, 1.82) is 5.26 Å². The second kappa shape index (κ2) is 6.38. The number of anilines is 1. The number of hydrogen-bond donors (Lipinski definition) is 1. The Kier molecular flexibility index (Phi) is 4.57. The number of halogens is 1. The van der Waals surface area contributed by atoms with E-state index >= 15 is 0 Å². The molecule has 0 aliphatic heterocycles. The number of aryl methyl sites for hydroxylation is 1. The molecule has 1 N–H and O–H groups in total. The normalized spacial score (nSPS) is 10.9. The molecule has 0 aliphatic rings. The Bertz CT molecular complexity index is 713. The maximum absolute atomic E-state index is 12.0. The van der Waals surface area contributed by atoms with Crippen molar-refractivity contribution in [2.24, 2.45) is 0 Å². The zero-order valence-corrected chi connectivity index (χ0v) is 12.3. The lowest BCUT2D eigenvalue weighted by Gasteiger charge is -2.04. The van der Waals surface area contributed by atoms with E-state index in [1.165, 1.54) is 17.4 Å². The predicted octanol–water partition coefficient (Wildman–Crippen LogP) is 4.26. The summed E-state index contributed by atoms with van der Waals surface area (Å²) in [6, 6.07) is 12.8. The summed E-state index contributed by atoms with van der Waals surface area (Å²) in [4.78, 5) is 12.8. The van der Waals surface area contributed by atoms with Crippen LogP contribution in [0.5, 0.6) is 0 Å². The SMILES string of the molecule is Cc1cccc(NC(=O)/C(C#N)=C\c2ccc(Cl)s2)c1. The molecule has 20 heavy (non-hydrogen) atoms. The average Bonchev–Trinajstić information content (AvgIpc) is 2.81. The third-order valence-electron chi connectivity index (χ3n) is 2.52. The first-order chi connectivity index (χ1) is 9.58. The molecule has 0 spiro atoms. The third-order valence-corrected chi connectivity index (χ3v) is 3.70. The van der Waals surface area contributed by atoms with Gasteiger partial charge in [-0.15, -0.1) is 11.3 Å². The zero-order chi connectivity index (χ0) is 14.5. The second-order valence-electron chi connectivity index (χ2n) is 4.14. The molecule has 0 bridgehead atoms. The molecule has 0 saturated heterocycles. The van der Waals surface area contributed by atoms with Gasteiger partial charge in [-0.3, -0.25) is 4.79 Å². The minimum absolute atomic E-state index is 0.0463. The Morgan fingerprint density at radius 3 is 2.80 bits per heavy atom. The van der Waals surface area contributed by atoms with Gasteiger partial charge in [0.2, 0.25) is 0 Å². The minimum atomic E-state index is -0.428. The van der Waals surface area contributed by atoms with E-state index in [4.69, 9.17) is 16.9 Å². The Hall–Kier alpha value is -2.09. The molecule has 100 valence electrons. The van der Waals surface area contributed by atoms with Gasteiger partial charge in [-0.1, -0.05) is 23.7 Å². The highest BCUT2D eigenvalue weighted by molar-refractivity contribution is 7.17. The van der Waals surface area contributed by atoms with Crippen LogP contribution in [-0.4, -0.2) is 5.91 Å². The highest BCUT2D eigenvalue weighted by Gasteiger charge is 2.10. The van der Waals surface area contributed by atoms with Gasteiger partial charge in [-0.2, -0.15) is 5.26 Å². The molecule has 0 aliphatic carbocycles. The minimum Gasteiger partial charge on any atom is -0.321 e. The summed E-state index contributed by atoms with van der Waals surface area (Å²) in [5, 5.41) is 11.8. The Morgan fingerprint density at radius 2 is 2.20 bits per heavy atom. The van der Waals surface area contributed by atoms with Gasteiger partial charge in [0.05, 0.1) is 4.34 Å². The molecule has 1 heterocycles. The highest BCUT2D eigenvalue weighted by Crippen LogP contribution is 2.23. The molecule has 0 fully saturated rings. The van der Waals surface area contributed by atoms with Crippen LogP contribution in [0.3, 0.4) is 0 Å². The van der Waals surface area contributed by atoms with E-state index in [0.29, 0.717) is 10.0 Å². The molecule has 2 aromatic rings. The van der Waals surface area contributed by atoms with Crippen molar-refractivity contribution < 1.29 is 4.79 Å². The van der Waals surface area contributed by atoms with Gasteiger partial charge in [0.25, 0.3) is 5.91 Å². The molecule has 3 nitrogen and oxygen atoms in total. The van der Waals surface area contributed by atoms with Gasteiger partial charge in [0.1, 0.15) is 11.6 Å². The molecule has 0 radical (unpaired) electrons. The van der Waals surface area contributed by atoms with Crippen LogP contribution in [0.1, 0.15) is 10.4 Å². The second-order valence-corrected chi connectivity index (χ2v) is 5.88. The van der Waals surface area contributed by atoms with E-state index in [2.05, 4.69) is 5.32 Å². The fourth-order valence-electron chi connectivity index (χ4n) is 1.62. The standard InChI is InChI=1S/C15H11ClN2OS/c1-10-3-2-4-12(7-10)18-15(19)11(9-17)8-13-5-6-14(16)20-13/h2-8H,1H3,(H,18,19)/b11-8-. The van der Waals surface area contributed by atoms with Crippen LogP contribution in [0.2, 0.25) is 4.34 Å². The maximum Gasteiger partial charge on any atom is 0.266 e. The van der Waals surface area contributed by atoms with Crippen LogP contribution in [0.15, 0.2) is 42.0 Å². The average molecular weight is 303 g/mol.